The molecule has 5 nitrogen and oxygen atoms in total. The van der Waals surface area contributed by atoms with Gasteiger partial charge >= 0.3 is 0 Å². The largest absolute Gasteiger partial charge is 0.497 e. The molecule has 0 radical (unpaired) electrons. The molecule has 0 saturated carbocycles. The first-order valence-corrected chi connectivity index (χ1v) is 7.07. The molecular formula is C15H22N4O. The Bertz CT molecular complexity index is 551. The number of hydrogen-bond donors (Lipinski definition) is 1. The molecule has 0 spiro atoms. The van der Waals surface area contributed by atoms with E-state index in [1.807, 2.05) is 28.9 Å². The minimum Gasteiger partial charge on any atom is -0.497 e. The fourth-order valence-electron chi connectivity index (χ4n) is 2.24. The maximum atomic E-state index is 5.78. The molecule has 0 saturated heterocycles. The highest BCUT2D eigenvalue weighted by Gasteiger charge is 2.14. The van der Waals surface area contributed by atoms with Crippen molar-refractivity contribution in [3.63, 3.8) is 0 Å². The molecule has 1 aromatic carbocycles. The van der Waals surface area contributed by atoms with Crippen LogP contribution in [0.2, 0.25) is 0 Å². The van der Waals surface area contributed by atoms with Crippen LogP contribution < -0.4 is 10.5 Å². The van der Waals surface area contributed by atoms with E-state index in [9.17, 15) is 0 Å². The van der Waals surface area contributed by atoms with E-state index in [2.05, 4.69) is 17.2 Å². The Hall–Kier alpha value is -1.88. The first-order valence-electron chi connectivity index (χ1n) is 7.07. The van der Waals surface area contributed by atoms with Gasteiger partial charge in [-0.15, -0.1) is 5.10 Å². The number of ether oxygens (including phenoxy) is 1. The summed E-state index contributed by atoms with van der Waals surface area (Å²) in [5, 5.41) is 8.43. The van der Waals surface area contributed by atoms with Crippen LogP contribution in [0.3, 0.4) is 0 Å². The van der Waals surface area contributed by atoms with Crippen molar-refractivity contribution in [3.8, 4) is 17.0 Å². The number of nitrogens with zero attached hydrogens (tertiary/aromatic N) is 3. The molecule has 0 fully saturated rings. The van der Waals surface area contributed by atoms with Crippen molar-refractivity contribution in [2.24, 2.45) is 5.73 Å². The molecule has 5 heteroatoms. The maximum absolute atomic E-state index is 5.78. The van der Waals surface area contributed by atoms with E-state index >= 15 is 0 Å². The molecule has 108 valence electrons. The quantitative estimate of drug-likeness (QED) is 0.788. The van der Waals surface area contributed by atoms with Crippen molar-refractivity contribution in [1.82, 2.24) is 15.0 Å². The van der Waals surface area contributed by atoms with E-state index in [4.69, 9.17) is 10.5 Å². The van der Waals surface area contributed by atoms with Gasteiger partial charge in [0.2, 0.25) is 0 Å². The topological polar surface area (TPSA) is 66.0 Å². The maximum Gasteiger partial charge on any atom is 0.119 e. The summed E-state index contributed by atoms with van der Waals surface area (Å²) in [6, 6.07) is 7.93. The molecular weight excluding hydrogens is 252 g/mol. The summed E-state index contributed by atoms with van der Waals surface area (Å²) in [5.74, 6) is 0.826. The Morgan fingerprint density at radius 3 is 2.85 bits per heavy atom. The molecule has 0 aliphatic rings. The number of methoxy groups -OCH3 is 1. The number of aromatic nitrogens is 3. The van der Waals surface area contributed by atoms with E-state index in [-0.39, 0.29) is 0 Å². The molecule has 2 aromatic rings. The summed E-state index contributed by atoms with van der Waals surface area (Å²) in [5.41, 5.74) is 8.66. The lowest BCUT2D eigenvalue weighted by Gasteiger charge is -2.09. The standard InChI is InChI=1S/C15H22N4O/c1-3-4-5-9-19-15(14(11-16)17-18-19)12-7-6-8-13(10-12)20-2/h6-8,10H,3-5,9,11,16H2,1-2H3. The van der Waals surface area contributed by atoms with Crippen LogP contribution in [0, 0.1) is 0 Å². The average molecular weight is 274 g/mol. The molecule has 2 N–H and O–H groups in total. The molecule has 2 rings (SSSR count). The number of nitrogens with two attached hydrogens (primary N) is 1. The average Bonchev–Trinajstić information content (AvgIpc) is 2.90. The van der Waals surface area contributed by atoms with Gasteiger partial charge in [-0.3, -0.25) is 0 Å². The van der Waals surface area contributed by atoms with Gasteiger partial charge in [0.15, 0.2) is 0 Å². The van der Waals surface area contributed by atoms with Crippen LogP contribution in [-0.4, -0.2) is 22.1 Å². The van der Waals surface area contributed by atoms with Gasteiger partial charge in [-0.2, -0.15) is 0 Å². The number of hydrogen-bond acceptors (Lipinski definition) is 4. The monoisotopic (exact) mass is 274 g/mol. The zero-order valence-corrected chi connectivity index (χ0v) is 12.2. The van der Waals surface area contributed by atoms with Crippen LogP contribution in [0.1, 0.15) is 31.9 Å². The Kier molecular flexibility index (Phi) is 5.12. The van der Waals surface area contributed by atoms with Crippen LogP contribution in [0.25, 0.3) is 11.3 Å². The second-order valence-corrected chi connectivity index (χ2v) is 4.75. The molecule has 0 aliphatic heterocycles. The van der Waals surface area contributed by atoms with Crippen molar-refractivity contribution in [3.05, 3.63) is 30.0 Å². The summed E-state index contributed by atoms with van der Waals surface area (Å²) in [6.07, 6.45) is 3.48. The summed E-state index contributed by atoms with van der Waals surface area (Å²) in [7, 11) is 1.67. The zero-order chi connectivity index (χ0) is 14.4. The number of rotatable bonds is 7. The second-order valence-electron chi connectivity index (χ2n) is 4.75. The van der Waals surface area contributed by atoms with Crippen molar-refractivity contribution < 1.29 is 4.74 Å². The highest BCUT2D eigenvalue weighted by atomic mass is 16.5. The molecule has 0 atom stereocenters. The molecule has 1 heterocycles. The van der Waals surface area contributed by atoms with E-state index < -0.39 is 0 Å². The molecule has 0 amide bonds. The Balaban J connectivity index is 2.34. The van der Waals surface area contributed by atoms with Crippen LogP contribution in [0.4, 0.5) is 0 Å². The summed E-state index contributed by atoms with van der Waals surface area (Å²) < 4.78 is 7.23. The molecule has 0 unspecified atom stereocenters. The van der Waals surface area contributed by atoms with Gasteiger partial charge in [-0.1, -0.05) is 37.1 Å². The van der Waals surface area contributed by atoms with Crippen LogP contribution >= 0.6 is 0 Å². The van der Waals surface area contributed by atoms with Crippen molar-refractivity contribution in [2.45, 2.75) is 39.3 Å². The SMILES string of the molecule is CCCCCn1nnc(CN)c1-c1cccc(OC)c1. The van der Waals surface area contributed by atoms with Gasteiger partial charge in [-0.05, 0) is 18.6 Å². The molecule has 0 bridgehead atoms. The van der Waals surface area contributed by atoms with Crippen molar-refractivity contribution >= 4 is 0 Å². The van der Waals surface area contributed by atoms with E-state index in [0.29, 0.717) is 6.54 Å². The fraction of sp³-hybridized carbons (Fsp3) is 0.467. The third-order valence-corrected chi connectivity index (χ3v) is 3.31. The summed E-state index contributed by atoms with van der Waals surface area (Å²) in [6.45, 7) is 3.45. The second kappa shape index (κ2) is 7.05. The van der Waals surface area contributed by atoms with E-state index in [0.717, 1.165) is 35.7 Å². The predicted molar refractivity (Wildman–Crippen MR) is 79.4 cm³/mol. The lowest BCUT2D eigenvalue weighted by Crippen LogP contribution is -2.05. The van der Waals surface area contributed by atoms with E-state index in [1.54, 1.807) is 7.11 Å². The minimum atomic E-state index is 0.389. The molecule has 20 heavy (non-hydrogen) atoms. The predicted octanol–water partition coefficient (Wildman–Crippen LogP) is 2.60. The first kappa shape index (κ1) is 14.5. The van der Waals surface area contributed by atoms with Crippen molar-refractivity contribution in [2.75, 3.05) is 7.11 Å². The van der Waals surface area contributed by atoms with E-state index in [1.165, 1.54) is 12.8 Å². The zero-order valence-electron chi connectivity index (χ0n) is 12.2. The van der Waals surface area contributed by atoms with Crippen molar-refractivity contribution in [1.29, 1.82) is 0 Å². The Morgan fingerprint density at radius 1 is 1.30 bits per heavy atom. The third-order valence-electron chi connectivity index (χ3n) is 3.31. The summed E-state index contributed by atoms with van der Waals surface area (Å²) >= 11 is 0. The highest BCUT2D eigenvalue weighted by Crippen LogP contribution is 2.26. The van der Waals surface area contributed by atoms with Crippen LogP contribution in [-0.2, 0) is 13.1 Å². The first-order chi connectivity index (χ1) is 9.80. The van der Waals surface area contributed by atoms with Gasteiger partial charge in [0.05, 0.1) is 12.8 Å². The highest BCUT2D eigenvalue weighted by molar-refractivity contribution is 5.63. The normalized spacial score (nSPS) is 10.8. The minimum absolute atomic E-state index is 0.389. The van der Waals surface area contributed by atoms with Gasteiger partial charge < -0.3 is 10.5 Å². The Labute approximate surface area is 119 Å². The lowest BCUT2D eigenvalue weighted by atomic mass is 10.1. The van der Waals surface area contributed by atoms with Gasteiger partial charge in [0.25, 0.3) is 0 Å². The van der Waals surface area contributed by atoms with Crippen LogP contribution in [0.5, 0.6) is 5.75 Å². The number of benzene rings is 1. The molecule has 1 aromatic heterocycles. The lowest BCUT2D eigenvalue weighted by molar-refractivity contribution is 0.415. The summed E-state index contributed by atoms with van der Waals surface area (Å²) in [4.78, 5) is 0. The van der Waals surface area contributed by atoms with Gasteiger partial charge in [0, 0.05) is 18.7 Å². The number of aryl methyl sites for hydroxylation is 1. The smallest absolute Gasteiger partial charge is 0.119 e. The molecule has 0 aliphatic carbocycles. The number of unbranched alkanes of at least 4 members (excludes halogenated alkanes) is 2. The van der Waals surface area contributed by atoms with Crippen LogP contribution in [0.15, 0.2) is 24.3 Å². The van der Waals surface area contributed by atoms with Gasteiger partial charge in [-0.25, -0.2) is 4.68 Å². The fourth-order valence-corrected chi connectivity index (χ4v) is 2.24. The third kappa shape index (κ3) is 3.17. The Morgan fingerprint density at radius 2 is 2.15 bits per heavy atom. The van der Waals surface area contributed by atoms with Gasteiger partial charge in [0.1, 0.15) is 11.4 Å².